The summed E-state index contributed by atoms with van der Waals surface area (Å²) in [6.07, 6.45) is 2.56. The Hall–Kier alpha value is -1.32. The van der Waals surface area contributed by atoms with E-state index in [0.717, 1.165) is 36.5 Å². The molecule has 1 fully saturated rings. The summed E-state index contributed by atoms with van der Waals surface area (Å²) < 4.78 is 29.2. The van der Waals surface area contributed by atoms with Crippen LogP contribution in [0, 0.1) is 0 Å². The summed E-state index contributed by atoms with van der Waals surface area (Å²) in [5, 5.41) is 0. The van der Waals surface area contributed by atoms with Gasteiger partial charge >= 0.3 is 0 Å². The van der Waals surface area contributed by atoms with E-state index in [9.17, 15) is 8.42 Å². The van der Waals surface area contributed by atoms with E-state index in [1.54, 1.807) is 0 Å². The highest BCUT2D eigenvalue weighted by Gasteiger charge is 2.21. The molecule has 3 rings (SSSR count). The van der Waals surface area contributed by atoms with Crippen LogP contribution in [-0.4, -0.2) is 55.9 Å². The van der Waals surface area contributed by atoms with Crippen molar-refractivity contribution in [2.45, 2.75) is 4.34 Å². The van der Waals surface area contributed by atoms with Crippen LogP contribution in [0.2, 0.25) is 0 Å². The quantitative estimate of drug-likeness (QED) is 0.790. The topological polar surface area (TPSA) is 85.3 Å². The van der Waals surface area contributed by atoms with Crippen LogP contribution in [0.3, 0.4) is 0 Å². The van der Waals surface area contributed by atoms with Crippen LogP contribution in [0.1, 0.15) is 0 Å². The molecule has 102 valence electrons. The van der Waals surface area contributed by atoms with E-state index in [0.29, 0.717) is 23.6 Å². The fraction of sp³-hybridized carbons (Fsp3) is 0.500. The average Bonchev–Trinajstić information content (AvgIpc) is 2.83. The van der Waals surface area contributed by atoms with Gasteiger partial charge in [-0.15, -0.1) is 0 Å². The predicted octanol–water partition coefficient (Wildman–Crippen LogP) is 0.326. The van der Waals surface area contributed by atoms with Crippen molar-refractivity contribution in [3.8, 4) is 0 Å². The summed E-state index contributed by atoms with van der Waals surface area (Å²) in [4.78, 5) is 14.4. The molecule has 0 aliphatic carbocycles. The molecule has 0 radical (unpaired) electrons. The molecule has 0 saturated carbocycles. The predicted molar refractivity (Wildman–Crippen MR) is 71.4 cm³/mol. The Morgan fingerprint density at radius 2 is 2.05 bits per heavy atom. The molecule has 3 heterocycles. The highest BCUT2D eigenvalue weighted by Crippen LogP contribution is 2.31. The van der Waals surface area contributed by atoms with Gasteiger partial charge in [0.15, 0.2) is 11.5 Å². The van der Waals surface area contributed by atoms with Gasteiger partial charge in [-0.1, -0.05) is 11.3 Å². The van der Waals surface area contributed by atoms with Gasteiger partial charge in [-0.25, -0.2) is 23.4 Å². The van der Waals surface area contributed by atoms with Crippen molar-refractivity contribution in [3.05, 3.63) is 6.33 Å². The first-order valence-corrected chi connectivity index (χ1v) is 8.41. The third-order valence-electron chi connectivity index (χ3n) is 2.78. The maximum atomic E-state index is 11.6. The molecule has 0 atom stereocenters. The SMILES string of the molecule is CS(=O)(=O)c1nc2ncnc(N3CCOCC3)c2s1. The third-order valence-corrected chi connectivity index (χ3v) is 5.50. The summed E-state index contributed by atoms with van der Waals surface area (Å²) in [7, 11) is -3.32. The molecule has 19 heavy (non-hydrogen) atoms. The summed E-state index contributed by atoms with van der Waals surface area (Å²) >= 11 is 1.12. The number of anilines is 1. The molecule has 9 heteroatoms. The normalized spacial score (nSPS) is 17.0. The van der Waals surface area contributed by atoms with Crippen LogP contribution in [0.4, 0.5) is 5.82 Å². The number of sulfone groups is 1. The van der Waals surface area contributed by atoms with Gasteiger partial charge in [0.25, 0.3) is 0 Å². The molecule has 1 saturated heterocycles. The second-order valence-electron chi connectivity index (χ2n) is 4.20. The van der Waals surface area contributed by atoms with Crippen LogP contribution < -0.4 is 4.90 Å². The lowest BCUT2D eigenvalue weighted by Crippen LogP contribution is -2.36. The van der Waals surface area contributed by atoms with Gasteiger partial charge < -0.3 is 9.64 Å². The van der Waals surface area contributed by atoms with Crippen molar-refractivity contribution >= 4 is 37.3 Å². The molecule has 2 aromatic heterocycles. The Morgan fingerprint density at radius 1 is 1.32 bits per heavy atom. The van der Waals surface area contributed by atoms with Crippen molar-refractivity contribution in [1.82, 2.24) is 15.0 Å². The van der Waals surface area contributed by atoms with E-state index in [1.807, 2.05) is 0 Å². The standard InChI is InChI=1S/C10H12N4O3S2/c1-19(15,16)10-13-8-7(18-10)9(12-6-11-8)14-2-4-17-5-3-14/h6H,2-5H2,1H3. The summed E-state index contributed by atoms with van der Waals surface area (Å²) in [5.41, 5.74) is 0.432. The Morgan fingerprint density at radius 3 is 2.74 bits per heavy atom. The second kappa shape index (κ2) is 4.66. The molecule has 0 N–H and O–H groups in total. The van der Waals surface area contributed by atoms with Gasteiger partial charge in [-0.3, -0.25) is 0 Å². The van der Waals surface area contributed by atoms with Gasteiger partial charge in [-0.2, -0.15) is 0 Å². The highest BCUT2D eigenvalue weighted by molar-refractivity contribution is 7.92. The maximum absolute atomic E-state index is 11.6. The lowest BCUT2D eigenvalue weighted by atomic mass is 10.4. The number of aromatic nitrogens is 3. The Balaban J connectivity index is 2.12. The fourth-order valence-electron chi connectivity index (χ4n) is 1.88. The van der Waals surface area contributed by atoms with Crippen LogP contribution in [0.15, 0.2) is 10.7 Å². The van der Waals surface area contributed by atoms with E-state index in [-0.39, 0.29) is 4.34 Å². The highest BCUT2D eigenvalue weighted by atomic mass is 32.2. The monoisotopic (exact) mass is 300 g/mol. The Bertz CT molecular complexity index is 707. The van der Waals surface area contributed by atoms with Crippen LogP contribution in [0.5, 0.6) is 0 Å². The van der Waals surface area contributed by atoms with Crippen LogP contribution in [0.25, 0.3) is 10.3 Å². The number of thiazole rings is 1. The Labute approximate surface area is 114 Å². The number of fused-ring (bicyclic) bond motifs is 1. The summed E-state index contributed by atoms with van der Waals surface area (Å²) in [5.74, 6) is 0.737. The van der Waals surface area contributed by atoms with Crippen molar-refractivity contribution in [2.75, 3.05) is 37.5 Å². The first kappa shape index (κ1) is 12.7. The molecule has 0 amide bonds. The first-order valence-electron chi connectivity index (χ1n) is 5.70. The van der Waals surface area contributed by atoms with Crippen LogP contribution >= 0.6 is 11.3 Å². The molecule has 1 aliphatic rings. The number of morpholine rings is 1. The van der Waals surface area contributed by atoms with Gasteiger partial charge in [-0.05, 0) is 0 Å². The van der Waals surface area contributed by atoms with E-state index in [1.165, 1.54) is 6.33 Å². The van der Waals surface area contributed by atoms with Crippen molar-refractivity contribution in [2.24, 2.45) is 0 Å². The zero-order valence-corrected chi connectivity index (χ0v) is 11.9. The van der Waals surface area contributed by atoms with Gasteiger partial charge in [0.05, 0.1) is 13.2 Å². The minimum atomic E-state index is -3.32. The third kappa shape index (κ3) is 2.40. The summed E-state index contributed by atoms with van der Waals surface area (Å²) in [6.45, 7) is 2.75. The number of rotatable bonds is 2. The van der Waals surface area contributed by atoms with Crippen molar-refractivity contribution in [3.63, 3.8) is 0 Å². The maximum Gasteiger partial charge on any atom is 0.211 e. The fourth-order valence-corrected chi connectivity index (χ4v) is 3.76. The zero-order chi connectivity index (χ0) is 13.5. The van der Waals surface area contributed by atoms with Gasteiger partial charge in [0.2, 0.25) is 14.2 Å². The molecule has 1 aliphatic heterocycles. The van der Waals surface area contributed by atoms with E-state index in [4.69, 9.17) is 4.74 Å². The zero-order valence-electron chi connectivity index (χ0n) is 10.2. The van der Waals surface area contributed by atoms with Crippen molar-refractivity contribution < 1.29 is 13.2 Å². The largest absolute Gasteiger partial charge is 0.378 e. The molecule has 0 aromatic carbocycles. The number of nitrogens with zero attached hydrogens (tertiary/aromatic N) is 4. The van der Waals surface area contributed by atoms with Gasteiger partial charge in [0, 0.05) is 19.3 Å². The number of hydrogen-bond acceptors (Lipinski definition) is 8. The molecular weight excluding hydrogens is 288 g/mol. The lowest BCUT2D eigenvalue weighted by molar-refractivity contribution is 0.122. The van der Waals surface area contributed by atoms with E-state index >= 15 is 0 Å². The average molecular weight is 300 g/mol. The van der Waals surface area contributed by atoms with Crippen molar-refractivity contribution in [1.29, 1.82) is 0 Å². The molecule has 2 aromatic rings. The lowest BCUT2D eigenvalue weighted by Gasteiger charge is -2.27. The van der Waals surface area contributed by atoms with Crippen LogP contribution in [-0.2, 0) is 14.6 Å². The smallest absolute Gasteiger partial charge is 0.211 e. The van der Waals surface area contributed by atoms with E-state index < -0.39 is 9.84 Å². The molecule has 0 unspecified atom stereocenters. The number of hydrogen-bond donors (Lipinski definition) is 0. The minimum Gasteiger partial charge on any atom is -0.378 e. The minimum absolute atomic E-state index is 0.0810. The van der Waals surface area contributed by atoms with E-state index in [2.05, 4.69) is 19.9 Å². The number of ether oxygens (including phenoxy) is 1. The molecule has 0 bridgehead atoms. The van der Waals surface area contributed by atoms with Gasteiger partial charge in [0.1, 0.15) is 11.0 Å². The summed E-state index contributed by atoms with van der Waals surface area (Å²) in [6, 6.07) is 0. The molecule has 0 spiro atoms. The molecular formula is C10H12N4O3S2. The Kier molecular flexibility index (Phi) is 3.11. The second-order valence-corrected chi connectivity index (χ2v) is 7.39. The molecule has 7 nitrogen and oxygen atoms in total. The first-order chi connectivity index (χ1) is 9.05.